The van der Waals surface area contributed by atoms with Crippen LogP contribution in [0.5, 0.6) is 0 Å². The number of aromatic nitrogens is 4. The maximum atomic E-state index is 12.2. The smallest absolute Gasteiger partial charge is 0.236 e. The molecule has 0 aromatic carbocycles. The first-order valence-corrected chi connectivity index (χ1v) is 8.20. The Morgan fingerprint density at radius 1 is 1.38 bits per heavy atom. The molecule has 24 heavy (non-hydrogen) atoms. The van der Waals surface area contributed by atoms with Gasteiger partial charge in [0.05, 0.1) is 6.54 Å². The molecule has 128 valence electrons. The van der Waals surface area contributed by atoms with E-state index in [9.17, 15) is 4.79 Å². The standard InChI is InChI=1S/C17H24N6O/c1-12-9-14(17-18-6-8-22(17)4)20-16(19-12)13-5-7-23(10-13)15(24)11-21(2)3/h6,8-9,13H,5,7,10-11H2,1-4H3/t13-/m0/s1. The lowest BCUT2D eigenvalue weighted by atomic mass is 10.1. The summed E-state index contributed by atoms with van der Waals surface area (Å²) in [5, 5.41) is 0. The summed E-state index contributed by atoms with van der Waals surface area (Å²) in [4.78, 5) is 29.8. The molecule has 2 aromatic heterocycles. The van der Waals surface area contributed by atoms with Crippen LogP contribution in [0.4, 0.5) is 0 Å². The van der Waals surface area contributed by atoms with Crippen molar-refractivity contribution in [1.29, 1.82) is 0 Å². The summed E-state index contributed by atoms with van der Waals surface area (Å²) < 4.78 is 1.95. The highest BCUT2D eigenvalue weighted by Gasteiger charge is 2.29. The van der Waals surface area contributed by atoms with Gasteiger partial charge in [-0.25, -0.2) is 15.0 Å². The van der Waals surface area contributed by atoms with E-state index in [1.54, 1.807) is 6.20 Å². The molecule has 0 aliphatic carbocycles. The first-order chi connectivity index (χ1) is 11.4. The van der Waals surface area contributed by atoms with Gasteiger partial charge < -0.3 is 14.4 Å². The number of rotatable bonds is 4. The van der Waals surface area contributed by atoms with Crippen molar-refractivity contribution in [3.8, 4) is 11.5 Å². The molecule has 0 radical (unpaired) electrons. The lowest BCUT2D eigenvalue weighted by Crippen LogP contribution is -2.36. The molecule has 0 saturated carbocycles. The van der Waals surface area contributed by atoms with Gasteiger partial charge in [-0.05, 0) is 33.5 Å². The van der Waals surface area contributed by atoms with Crippen LogP contribution in [-0.2, 0) is 11.8 Å². The summed E-state index contributed by atoms with van der Waals surface area (Å²) in [6.45, 7) is 3.88. The number of nitrogens with zero attached hydrogens (tertiary/aromatic N) is 6. The minimum atomic E-state index is 0.166. The molecule has 3 rings (SSSR count). The number of aryl methyl sites for hydroxylation is 2. The highest BCUT2D eigenvalue weighted by Crippen LogP contribution is 2.26. The van der Waals surface area contributed by atoms with Crippen LogP contribution < -0.4 is 0 Å². The van der Waals surface area contributed by atoms with E-state index in [0.29, 0.717) is 13.1 Å². The number of amides is 1. The van der Waals surface area contributed by atoms with E-state index in [1.165, 1.54) is 0 Å². The third-order valence-corrected chi connectivity index (χ3v) is 4.28. The topological polar surface area (TPSA) is 67.2 Å². The van der Waals surface area contributed by atoms with Crippen molar-refractivity contribution in [2.24, 2.45) is 7.05 Å². The SMILES string of the molecule is Cc1cc(-c2nccn2C)nc([C@H]2CCN(C(=O)CN(C)C)C2)n1. The molecule has 1 amide bonds. The minimum Gasteiger partial charge on any atom is -0.341 e. The summed E-state index contributed by atoms with van der Waals surface area (Å²) in [5.41, 5.74) is 1.76. The van der Waals surface area contributed by atoms with Crippen molar-refractivity contribution in [2.45, 2.75) is 19.3 Å². The summed E-state index contributed by atoms with van der Waals surface area (Å²) in [6, 6.07) is 1.95. The molecule has 1 fully saturated rings. The van der Waals surface area contributed by atoms with Gasteiger partial charge in [0.1, 0.15) is 11.5 Å². The van der Waals surface area contributed by atoms with Crippen LogP contribution in [0.2, 0.25) is 0 Å². The Labute approximate surface area is 142 Å². The van der Waals surface area contributed by atoms with Crippen LogP contribution in [0, 0.1) is 6.92 Å². The van der Waals surface area contributed by atoms with Crippen LogP contribution in [0.25, 0.3) is 11.5 Å². The lowest BCUT2D eigenvalue weighted by molar-refractivity contribution is -0.130. The maximum Gasteiger partial charge on any atom is 0.236 e. The van der Waals surface area contributed by atoms with E-state index >= 15 is 0 Å². The Bertz CT molecular complexity index is 738. The van der Waals surface area contributed by atoms with Crippen LogP contribution in [0.15, 0.2) is 18.5 Å². The zero-order chi connectivity index (χ0) is 17.3. The van der Waals surface area contributed by atoms with Gasteiger partial charge in [0, 0.05) is 44.1 Å². The monoisotopic (exact) mass is 328 g/mol. The van der Waals surface area contributed by atoms with Gasteiger partial charge in [-0.1, -0.05) is 0 Å². The summed E-state index contributed by atoms with van der Waals surface area (Å²) in [6.07, 6.45) is 4.58. The molecule has 1 aliphatic rings. The van der Waals surface area contributed by atoms with Gasteiger partial charge in [0.2, 0.25) is 5.91 Å². The Hall–Kier alpha value is -2.28. The van der Waals surface area contributed by atoms with Crippen molar-refractivity contribution >= 4 is 5.91 Å². The van der Waals surface area contributed by atoms with E-state index in [-0.39, 0.29) is 11.8 Å². The van der Waals surface area contributed by atoms with Crippen LogP contribution in [-0.4, -0.2) is 69.0 Å². The van der Waals surface area contributed by atoms with E-state index in [0.717, 1.165) is 36.0 Å². The zero-order valence-corrected chi connectivity index (χ0v) is 14.7. The number of carbonyl (C=O) groups excluding carboxylic acids is 1. The molecule has 0 bridgehead atoms. The number of hydrogen-bond donors (Lipinski definition) is 0. The first kappa shape index (κ1) is 16.6. The Morgan fingerprint density at radius 3 is 2.83 bits per heavy atom. The minimum absolute atomic E-state index is 0.166. The molecule has 1 saturated heterocycles. The number of likely N-dealkylation sites (tertiary alicyclic amines) is 1. The van der Waals surface area contributed by atoms with Gasteiger partial charge in [0.25, 0.3) is 0 Å². The highest BCUT2D eigenvalue weighted by atomic mass is 16.2. The predicted octanol–water partition coefficient (Wildman–Crippen LogP) is 1.06. The largest absolute Gasteiger partial charge is 0.341 e. The number of imidazole rings is 1. The van der Waals surface area contributed by atoms with Crippen molar-refractivity contribution in [1.82, 2.24) is 29.3 Å². The van der Waals surface area contributed by atoms with E-state index < -0.39 is 0 Å². The summed E-state index contributed by atoms with van der Waals surface area (Å²) >= 11 is 0. The van der Waals surface area contributed by atoms with Crippen molar-refractivity contribution in [3.05, 3.63) is 30.0 Å². The van der Waals surface area contributed by atoms with Gasteiger partial charge in [0.15, 0.2) is 5.82 Å². The Kier molecular flexibility index (Phi) is 4.62. The van der Waals surface area contributed by atoms with Crippen molar-refractivity contribution in [3.63, 3.8) is 0 Å². The summed E-state index contributed by atoms with van der Waals surface area (Å²) in [7, 11) is 5.78. The van der Waals surface area contributed by atoms with Gasteiger partial charge in [-0.15, -0.1) is 0 Å². The average molecular weight is 328 g/mol. The zero-order valence-electron chi connectivity index (χ0n) is 14.7. The van der Waals surface area contributed by atoms with Crippen LogP contribution in [0.1, 0.15) is 23.9 Å². The quantitative estimate of drug-likeness (QED) is 0.840. The molecule has 1 aliphatic heterocycles. The highest BCUT2D eigenvalue weighted by molar-refractivity contribution is 5.78. The molecule has 0 spiro atoms. The second kappa shape index (κ2) is 6.68. The molecular weight excluding hydrogens is 304 g/mol. The first-order valence-electron chi connectivity index (χ1n) is 8.20. The van der Waals surface area contributed by atoms with Crippen LogP contribution in [0.3, 0.4) is 0 Å². The molecular formula is C17H24N6O. The van der Waals surface area contributed by atoms with Crippen LogP contribution >= 0.6 is 0 Å². The molecule has 2 aromatic rings. The Morgan fingerprint density at radius 2 is 2.17 bits per heavy atom. The fourth-order valence-corrected chi connectivity index (χ4v) is 3.07. The third kappa shape index (κ3) is 3.46. The molecule has 7 nitrogen and oxygen atoms in total. The average Bonchev–Trinajstić information content (AvgIpc) is 3.14. The molecule has 0 unspecified atom stereocenters. The molecule has 3 heterocycles. The molecule has 7 heteroatoms. The van der Waals surface area contributed by atoms with Gasteiger partial charge >= 0.3 is 0 Å². The number of hydrogen-bond acceptors (Lipinski definition) is 5. The predicted molar refractivity (Wildman–Crippen MR) is 91.5 cm³/mol. The fourth-order valence-electron chi connectivity index (χ4n) is 3.07. The van der Waals surface area contributed by atoms with Gasteiger partial charge in [-0.3, -0.25) is 4.79 Å². The van der Waals surface area contributed by atoms with E-state index in [4.69, 9.17) is 4.98 Å². The van der Waals surface area contributed by atoms with Crippen molar-refractivity contribution < 1.29 is 4.79 Å². The van der Waals surface area contributed by atoms with E-state index in [1.807, 2.05) is 54.7 Å². The number of likely N-dealkylation sites (N-methyl/N-ethyl adjacent to an activating group) is 1. The summed E-state index contributed by atoms with van der Waals surface area (Å²) in [5.74, 6) is 2.00. The van der Waals surface area contributed by atoms with E-state index in [2.05, 4.69) is 9.97 Å². The van der Waals surface area contributed by atoms with Crippen molar-refractivity contribution in [2.75, 3.05) is 33.7 Å². The normalized spacial score (nSPS) is 17.7. The molecule has 1 atom stereocenters. The second-order valence-corrected chi connectivity index (χ2v) is 6.68. The third-order valence-electron chi connectivity index (χ3n) is 4.28. The number of carbonyl (C=O) groups is 1. The van der Waals surface area contributed by atoms with Gasteiger partial charge in [-0.2, -0.15) is 0 Å². The lowest BCUT2D eigenvalue weighted by Gasteiger charge is -2.19. The maximum absolute atomic E-state index is 12.2. The fraction of sp³-hybridized carbons (Fsp3) is 0.529. The molecule has 0 N–H and O–H groups in total. The second-order valence-electron chi connectivity index (χ2n) is 6.68. The Balaban J connectivity index is 1.80.